The molecule has 0 radical (unpaired) electrons. The summed E-state index contributed by atoms with van der Waals surface area (Å²) in [6.45, 7) is 2.51. The minimum atomic E-state index is -0.907. The molecular weight excluding hydrogens is 272 g/mol. The summed E-state index contributed by atoms with van der Waals surface area (Å²) in [4.78, 5) is 0. The van der Waals surface area contributed by atoms with E-state index in [1.807, 2.05) is 0 Å². The van der Waals surface area contributed by atoms with E-state index in [9.17, 15) is 13.9 Å². The highest BCUT2D eigenvalue weighted by atomic mass is 19.1. The van der Waals surface area contributed by atoms with Gasteiger partial charge in [0.25, 0.3) is 0 Å². The van der Waals surface area contributed by atoms with Crippen molar-refractivity contribution < 1.29 is 13.9 Å². The lowest BCUT2D eigenvalue weighted by Gasteiger charge is -2.43. The first kappa shape index (κ1) is 16.4. The van der Waals surface area contributed by atoms with Crippen LogP contribution in [0.3, 0.4) is 0 Å². The number of benzene rings is 1. The molecule has 1 aromatic rings. The molecule has 0 spiro atoms. The van der Waals surface area contributed by atoms with Crippen molar-refractivity contribution >= 4 is 0 Å². The minimum Gasteiger partial charge on any atom is -0.388 e. The van der Waals surface area contributed by atoms with Gasteiger partial charge in [-0.3, -0.25) is 0 Å². The summed E-state index contributed by atoms with van der Waals surface area (Å²) < 4.78 is 26.7. The Balaban J connectivity index is 2.17. The Morgan fingerprint density at radius 1 is 1.24 bits per heavy atom. The van der Waals surface area contributed by atoms with E-state index in [1.54, 1.807) is 0 Å². The molecule has 118 valence electrons. The van der Waals surface area contributed by atoms with Gasteiger partial charge >= 0.3 is 0 Å². The Kier molecular flexibility index (Phi) is 5.33. The Morgan fingerprint density at radius 3 is 2.29 bits per heavy atom. The molecule has 0 saturated heterocycles. The Morgan fingerprint density at radius 2 is 1.81 bits per heavy atom. The molecule has 4 heteroatoms. The highest BCUT2D eigenvalue weighted by Crippen LogP contribution is 2.47. The zero-order chi connectivity index (χ0) is 15.5. The molecule has 1 aliphatic carbocycles. The molecule has 21 heavy (non-hydrogen) atoms. The predicted octanol–water partition coefficient (Wildman–Crippen LogP) is 3.93. The number of rotatable bonds is 5. The predicted molar refractivity (Wildman–Crippen MR) is 79.7 cm³/mol. The number of hydrogen-bond donors (Lipinski definition) is 2. The second-order valence-corrected chi connectivity index (χ2v) is 6.40. The van der Waals surface area contributed by atoms with Gasteiger partial charge in [0.1, 0.15) is 11.6 Å². The van der Waals surface area contributed by atoms with Gasteiger partial charge in [0.2, 0.25) is 0 Å². The number of aliphatic hydroxyl groups is 1. The van der Waals surface area contributed by atoms with Gasteiger partial charge in [-0.05, 0) is 49.3 Å². The van der Waals surface area contributed by atoms with Crippen molar-refractivity contribution in [1.29, 1.82) is 0 Å². The van der Waals surface area contributed by atoms with E-state index in [0.717, 1.165) is 38.2 Å². The second kappa shape index (κ2) is 6.84. The number of aliphatic hydroxyl groups excluding tert-OH is 1. The first-order valence-corrected chi connectivity index (χ1v) is 7.85. The van der Waals surface area contributed by atoms with Crippen LogP contribution < -0.4 is 5.73 Å². The van der Waals surface area contributed by atoms with Crippen LogP contribution in [-0.4, -0.2) is 11.7 Å². The summed E-state index contributed by atoms with van der Waals surface area (Å²) in [5, 5.41) is 10.6. The van der Waals surface area contributed by atoms with Crippen molar-refractivity contribution in [1.82, 2.24) is 0 Å². The van der Waals surface area contributed by atoms with E-state index in [-0.39, 0.29) is 0 Å². The monoisotopic (exact) mass is 297 g/mol. The summed E-state index contributed by atoms with van der Waals surface area (Å²) in [5.41, 5.74) is 5.77. The standard InChI is InChI=1S/C17H25F2NO/c1-2-3-12-4-6-17(11-20,7-5-12)16(21)13-8-14(18)10-15(19)9-13/h8-10,12,16,21H,2-7,11,20H2,1H3. The normalized spacial score (nSPS) is 27.6. The minimum absolute atomic E-state index is 0.298. The number of nitrogens with two attached hydrogens (primary N) is 1. The van der Waals surface area contributed by atoms with E-state index in [0.29, 0.717) is 18.0 Å². The Labute approximate surface area is 125 Å². The van der Waals surface area contributed by atoms with E-state index in [4.69, 9.17) is 5.73 Å². The van der Waals surface area contributed by atoms with Crippen molar-refractivity contribution in [3.05, 3.63) is 35.4 Å². The van der Waals surface area contributed by atoms with Gasteiger partial charge in [-0.2, -0.15) is 0 Å². The lowest BCUT2D eigenvalue weighted by Crippen LogP contribution is -2.40. The number of hydrogen-bond acceptors (Lipinski definition) is 2. The van der Waals surface area contributed by atoms with Crippen LogP contribution >= 0.6 is 0 Å². The molecule has 1 aliphatic rings. The molecule has 1 unspecified atom stereocenters. The molecule has 1 saturated carbocycles. The van der Waals surface area contributed by atoms with Crippen molar-refractivity contribution in [2.24, 2.45) is 17.1 Å². The van der Waals surface area contributed by atoms with Crippen molar-refractivity contribution in [2.75, 3.05) is 6.54 Å². The van der Waals surface area contributed by atoms with Crippen LogP contribution in [0, 0.1) is 23.0 Å². The summed E-state index contributed by atoms with van der Waals surface area (Å²) in [6.07, 6.45) is 5.14. The van der Waals surface area contributed by atoms with Crippen LogP contribution in [0.1, 0.15) is 57.1 Å². The smallest absolute Gasteiger partial charge is 0.126 e. The lowest BCUT2D eigenvalue weighted by atomic mass is 9.65. The third-order valence-electron chi connectivity index (χ3n) is 4.99. The molecule has 3 N–H and O–H groups in total. The van der Waals surface area contributed by atoms with Crippen LogP contribution in [0.2, 0.25) is 0 Å². The van der Waals surface area contributed by atoms with Gasteiger partial charge in [-0.15, -0.1) is 0 Å². The molecule has 0 amide bonds. The fourth-order valence-corrected chi connectivity index (χ4v) is 3.63. The summed E-state index contributed by atoms with van der Waals surface area (Å²) >= 11 is 0. The highest BCUT2D eigenvalue weighted by Gasteiger charge is 2.41. The molecule has 0 aliphatic heterocycles. The van der Waals surface area contributed by atoms with Crippen LogP contribution in [0.4, 0.5) is 8.78 Å². The SMILES string of the molecule is CCCC1CCC(CN)(C(O)c2cc(F)cc(F)c2)CC1. The topological polar surface area (TPSA) is 46.2 Å². The van der Waals surface area contributed by atoms with E-state index < -0.39 is 23.2 Å². The van der Waals surface area contributed by atoms with Crippen LogP contribution in [0.25, 0.3) is 0 Å². The largest absolute Gasteiger partial charge is 0.388 e. The van der Waals surface area contributed by atoms with Crippen LogP contribution in [0.5, 0.6) is 0 Å². The Bertz CT molecular complexity index is 450. The van der Waals surface area contributed by atoms with E-state index in [2.05, 4.69) is 6.92 Å². The fourth-order valence-electron chi connectivity index (χ4n) is 3.63. The fraction of sp³-hybridized carbons (Fsp3) is 0.647. The molecule has 1 fully saturated rings. The maximum atomic E-state index is 13.4. The van der Waals surface area contributed by atoms with E-state index in [1.165, 1.54) is 18.6 Å². The summed E-state index contributed by atoms with van der Waals surface area (Å²) in [7, 11) is 0. The van der Waals surface area contributed by atoms with Gasteiger partial charge in [0.05, 0.1) is 6.10 Å². The zero-order valence-electron chi connectivity index (χ0n) is 12.6. The Hall–Kier alpha value is -1.00. The summed E-state index contributed by atoms with van der Waals surface area (Å²) in [6, 6.07) is 3.25. The maximum Gasteiger partial charge on any atom is 0.126 e. The molecular formula is C17H25F2NO. The van der Waals surface area contributed by atoms with Crippen molar-refractivity contribution in [3.63, 3.8) is 0 Å². The maximum absolute atomic E-state index is 13.4. The van der Waals surface area contributed by atoms with Crippen LogP contribution in [-0.2, 0) is 0 Å². The molecule has 2 nitrogen and oxygen atoms in total. The van der Waals surface area contributed by atoms with Gasteiger partial charge in [0.15, 0.2) is 0 Å². The molecule has 0 bridgehead atoms. The lowest BCUT2D eigenvalue weighted by molar-refractivity contribution is -0.0111. The second-order valence-electron chi connectivity index (χ2n) is 6.40. The first-order chi connectivity index (χ1) is 10.0. The third-order valence-corrected chi connectivity index (χ3v) is 4.99. The molecule has 1 atom stereocenters. The molecule has 2 rings (SSSR count). The highest BCUT2D eigenvalue weighted by molar-refractivity contribution is 5.22. The number of halogens is 2. The van der Waals surface area contributed by atoms with Crippen molar-refractivity contribution in [2.45, 2.75) is 51.6 Å². The van der Waals surface area contributed by atoms with Gasteiger partial charge in [0, 0.05) is 18.0 Å². The average Bonchev–Trinajstić information content (AvgIpc) is 2.47. The van der Waals surface area contributed by atoms with Crippen LogP contribution in [0.15, 0.2) is 18.2 Å². The molecule has 0 aromatic heterocycles. The molecule has 1 aromatic carbocycles. The van der Waals surface area contributed by atoms with Gasteiger partial charge in [-0.25, -0.2) is 8.78 Å². The van der Waals surface area contributed by atoms with Crippen molar-refractivity contribution in [3.8, 4) is 0 Å². The summed E-state index contributed by atoms with van der Waals surface area (Å²) in [5.74, 6) is -0.627. The van der Waals surface area contributed by atoms with Gasteiger partial charge < -0.3 is 10.8 Å². The average molecular weight is 297 g/mol. The third kappa shape index (κ3) is 3.61. The van der Waals surface area contributed by atoms with Gasteiger partial charge in [-0.1, -0.05) is 19.8 Å². The quantitative estimate of drug-likeness (QED) is 0.865. The first-order valence-electron chi connectivity index (χ1n) is 7.85. The molecule has 0 heterocycles. The zero-order valence-corrected chi connectivity index (χ0v) is 12.6. The van der Waals surface area contributed by atoms with E-state index >= 15 is 0 Å².